The Morgan fingerprint density at radius 3 is 2.34 bits per heavy atom. The Kier molecular flexibility index (Phi) is 10.3. The zero-order valence-corrected chi connectivity index (χ0v) is 23.4. The molecule has 2 amide bonds. The highest BCUT2D eigenvalue weighted by molar-refractivity contribution is 5.88. The second-order valence-corrected chi connectivity index (χ2v) is 9.89. The van der Waals surface area contributed by atoms with E-state index in [4.69, 9.17) is 9.47 Å². The van der Waals surface area contributed by atoms with E-state index in [9.17, 15) is 9.59 Å². The van der Waals surface area contributed by atoms with Crippen LogP contribution in [0.1, 0.15) is 48.1 Å². The average Bonchev–Trinajstić information content (AvgIpc) is 2.92. The zero-order valence-electron chi connectivity index (χ0n) is 23.4. The summed E-state index contributed by atoms with van der Waals surface area (Å²) in [4.78, 5) is 29.1. The second-order valence-electron chi connectivity index (χ2n) is 9.89. The van der Waals surface area contributed by atoms with E-state index in [1.807, 2.05) is 95.3 Å². The number of ether oxygens (including phenoxy) is 2. The molecule has 202 valence electrons. The minimum absolute atomic E-state index is 0.0105. The van der Waals surface area contributed by atoms with Crippen molar-refractivity contribution in [3.63, 3.8) is 0 Å². The lowest BCUT2D eigenvalue weighted by Gasteiger charge is -2.32. The molecule has 38 heavy (non-hydrogen) atoms. The molecule has 0 aliphatic carbocycles. The zero-order chi connectivity index (χ0) is 27.7. The molecule has 0 saturated heterocycles. The van der Waals surface area contributed by atoms with E-state index < -0.39 is 6.04 Å². The van der Waals surface area contributed by atoms with E-state index in [0.717, 1.165) is 34.2 Å². The number of aryl methyl sites for hydroxylation is 2. The topological polar surface area (TPSA) is 67.9 Å². The first kappa shape index (κ1) is 28.8. The van der Waals surface area contributed by atoms with Crippen LogP contribution in [0.2, 0.25) is 0 Å². The lowest BCUT2D eigenvalue weighted by molar-refractivity contribution is -0.143. The third-order valence-electron chi connectivity index (χ3n) is 6.87. The van der Waals surface area contributed by atoms with Gasteiger partial charge in [0.2, 0.25) is 5.91 Å². The fourth-order valence-electron chi connectivity index (χ4n) is 4.34. The van der Waals surface area contributed by atoms with Crippen LogP contribution in [0, 0.1) is 20.8 Å². The summed E-state index contributed by atoms with van der Waals surface area (Å²) in [6, 6.07) is 20.7. The molecule has 6 heteroatoms. The van der Waals surface area contributed by atoms with Gasteiger partial charge in [0.05, 0.1) is 7.11 Å². The quantitative estimate of drug-likeness (QED) is 0.343. The molecular weight excluding hydrogens is 476 g/mol. The number of methoxy groups -OCH3 is 1. The average molecular weight is 517 g/mol. The van der Waals surface area contributed by atoms with Crippen LogP contribution in [-0.4, -0.2) is 42.5 Å². The Hall–Kier alpha value is -3.80. The highest BCUT2D eigenvalue weighted by atomic mass is 16.5. The molecule has 0 aromatic heterocycles. The highest BCUT2D eigenvalue weighted by Gasteiger charge is 2.31. The number of benzene rings is 3. The second kappa shape index (κ2) is 13.7. The Morgan fingerprint density at radius 2 is 1.66 bits per heavy atom. The summed E-state index contributed by atoms with van der Waals surface area (Å²) >= 11 is 0. The van der Waals surface area contributed by atoms with Crippen LogP contribution in [0.25, 0.3) is 0 Å². The van der Waals surface area contributed by atoms with Crippen LogP contribution in [-0.2, 0) is 22.6 Å². The minimum Gasteiger partial charge on any atom is -0.497 e. The number of nitrogens with one attached hydrogen (secondary N) is 1. The number of amides is 2. The van der Waals surface area contributed by atoms with Crippen molar-refractivity contribution in [2.24, 2.45) is 0 Å². The third kappa shape index (κ3) is 7.85. The maximum atomic E-state index is 13.8. The maximum absolute atomic E-state index is 13.8. The van der Waals surface area contributed by atoms with E-state index in [2.05, 4.69) is 11.4 Å². The Balaban J connectivity index is 1.96. The van der Waals surface area contributed by atoms with Gasteiger partial charge < -0.3 is 19.7 Å². The number of carbonyl (C=O) groups excluding carboxylic acids is 2. The predicted molar refractivity (Wildman–Crippen MR) is 152 cm³/mol. The van der Waals surface area contributed by atoms with Gasteiger partial charge in [-0.2, -0.15) is 0 Å². The Labute approximate surface area is 227 Å². The molecule has 0 saturated carbocycles. The van der Waals surface area contributed by atoms with Gasteiger partial charge in [0.15, 0.2) is 6.61 Å². The Bertz CT molecular complexity index is 1230. The van der Waals surface area contributed by atoms with E-state index in [1.54, 1.807) is 12.0 Å². The monoisotopic (exact) mass is 516 g/mol. The molecular formula is C32H40N2O4. The third-order valence-corrected chi connectivity index (χ3v) is 6.87. The molecule has 3 aromatic rings. The van der Waals surface area contributed by atoms with Crippen molar-refractivity contribution < 1.29 is 19.1 Å². The van der Waals surface area contributed by atoms with Crippen molar-refractivity contribution in [2.45, 2.75) is 66.1 Å². The van der Waals surface area contributed by atoms with Gasteiger partial charge >= 0.3 is 0 Å². The SMILES string of the molecule is CCC(C)NC(=O)C(Cc1ccccc1)N(Cc1cccc(OC)c1)C(=O)COc1cc(C)cc(C)c1C. The first-order chi connectivity index (χ1) is 18.2. The fraction of sp³-hybridized carbons (Fsp3) is 0.375. The molecule has 2 atom stereocenters. The van der Waals surface area contributed by atoms with Gasteiger partial charge in [0, 0.05) is 19.0 Å². The molecule has 0 bridgehead atoms. The maximum Gasteiger partial charge on any atom is 0.261 e. The molecule has 3 rings (SSSR count). The van der Waals surface area contributed by atoms with Gasteiger partial charge in [0.25, 0.3) is 5.91 Å². The summed E-state index contributed by atoms with van der Waals surface area (Å²) in [7, 11) is 1.61. The molecule has 0 heterocycles. The van der Waals surface area contributed by atoms with Crippen molar-refractivity contribution in [3.8, 4) is 11.5 Å². The molecule has 0 spiro atoms. The summed E-state index contributed by atoms with van der Waals surface area (Å²) in [5.41, 5.74) is 5.02. The summed E-state index contributed by atoms with van der Waals surface area (Å²) in [5.74, 6) is 0.940. The van der Waals surface area contributed by atoms with Gasteiger partial charge in [-0.3, -0.25) is 9.59 Å². The van der Waals surface area contributed by atoms with Crippen LogP contribution in [0.3, 0.4) is 0 Å². The number of hydrogen-bond donors (Lipinski definition) is 1. The number of hydrogen-bond acceptors (Lipinski definition) is 4. The predicted octanol–water partition coefficient (Wildman–Crippen LogP) is 5.55. The smallest absolute Gasteiger partial charge is 0.261 e. The molecule has 2 unspecified atom stereocenters. The lowest BCUT2D eigenvalue weighted by Crippen LogP contribution is -2.53. The van der Waals surface area contributed by atoms with Crippen molar-refractivity contribution in [1.82, 2.24) is 10.2 Å². The van der Waals surface area contributed by atoms with Gasteiger partial charge in [-0.15, -0.1) is 0 Å². The molecule has 0 fully saturated rings. The summed E-state index contributed by atoms with van der Waals surface area (Å²) in [6.07, 6.45) is 1.18. The molecule has 3 aromatic carbocycles. The lowest BCUT2D eigenvalue weighted by atomic mass is 10.0. The summed E-state index contributed by atoms with van der Waals surface area (Å²) in [5, 5.41) is 3.09. The van der Waals surface area contributed by atoms with E-state index in [-0.39, 0.29) is 31.0 Å². The van der Waals surface area contributed by atoms with E-state index in [1.165, 1.54) is 0 Å². The van der Waals surface area contributed by atoms with E-state index in [0.29, 0.717) is 17.9 Å². The van der Waals surface area contributed by atoms with Gasteiger partial charge in [0.1, 0.15) is 17.5 Å². The number of rotatable bonds is 12. The van der Waals surface area contributed by atoms with Crippen molar-refractivity contribution >= 4 is 11.8 Å². The molecule has 0 aliphatic rings. The van der Waals surface area contributed by atoms with Crippen molar-refractivity contribution in [2.75, 3.05) is 13.7 Å². The fourth-order valence-corrected chi connectivity index (χ4v) is 4.34. The molecule has 0 aliphatic heterocycles. The molecule has 1 N–H and O–H groups in total. The summed E-state index contributed by atoms with van der Waals surface area (Å²) < 4.78 is 11.5. The van der Waals surface area contributed by atoms with Crippen LogP contribution in [0.15, 0.2) is 66.7 Å². The molecule has 0 radical (unpaired) electrons. The first-order valence-electron chi connectivity index (χ1n) is 13.2. The largest absolute Gasteiger partial charge is 0.497 e. The standard InChI is InChI=1S/C32H40N2O4/c1-7-24(4)33-32(36)29(19-26-12-9-8-10-13-26)34(20-27-14-11-15-28(18-27)37-6)31(35)21-38-30-17-22(2)16-23(3)25(30)5/h8-18,24,29H,7,19-21H2,1-6H3,(H,33,36). The normalized spacial score (nSPS) is 12.4. The van der Waals surface area contributed by atoms with Gasteiger partial charge in [-0.05, 0) is 80.1 Å². The van der Waals surface area contributed by atoms with Crippen molar-refractivity contribution in [1.29, 1.82) is 0 Å². The summed E-state index contributed by atoms with van der Waals surface area (Å²) in [6.45, 7) is 10.1. The van der Waals surface area contributed by atoms with Crippen LogP contribution >= 0.6 is 0 Å². The van der Waals surface area contributed by atoms with Gasteiger partial charge in [-0.1, -0.05) is 55.5 Å². The van der Waals surface area contributed by atoms with Gasteiger partial charge in [-0.25, -0.2) is 0 Å². The van der Waals surface area contributed by atoms with Crippen LogP contribution in [0.5, 0.6) is 11.5 Å². The number of nitrogens with zero attached hydrogens (tertiary/aromatic N) is 1. The van der Waals surface area contributed by atoms with Crippen molar-refractivity contribution in [3.05, 3.63) is 94.5 Å². The first-order valence-corrected chi connectivity index (χ1v) is 13.2. The Morgan fingerprint density at radius 1 is 0.947 bits per heavy atom. The highest BCUT2D eigenvalue weighted by Crippen LogP contribution is 2.24. The van der Waals surface area contributed by atoms with Crippen LogP contribution in [0.4, 0.5) is 0 Å². The van der Waals surface area contributed by atoms with E-state index >= 15 is 0 Å². The number of carbonyl (C=O) groups is 2. The molecule has 6 nitrogen and oxygen atoms in total. The van der Waals surface area contributed by atoms with Crippen LogP contribution < -0.4 is 14.8 Å². The minimum atomic E-state index is -0.714.